The minimum absolute atomic E-state index is 0.519. The molecule has 0 spiro atoms. The van der Waals surface area contributed by atoms with Crippen molar-refractivity contribution in [2.24, 2.45) is 17.6 Å². The van der Waals surface area contributed by atoms with Crippen LogP contribution < -0.4 is 5.73 Å². The van der Waals surface area contributed by atoms with Crippen LogP contribution in [0.5, 0.6) is 0 Å². The van der Waals surface area contributed by atoms with E-state index in [0.29, 0.717) is 6.04 Å². The molecule has 84 valence electrons. The zero-order chi connectivity index (χ0) is 10.4. The Labute approximate surface area is 89.5 Å². The van der Waals surface area contributed by atoms with Crippen molar-refractivity contribution in [3.63, 3.8) is 0 Å². The van der Waals surface area contributed by atoms with Gasteiger partial charge >= 0.3 is 0 Å². The molecule has 1 nitrogen and oxygen atoms in total. The van der Waals surface area contributed by atoms with E-state index in [9.17, 15) is 0 Å². The van der Waals surface area contributed by atoms with Crippen LogP contribution in [-0.4, -0.2) is 6.04 Å². The Kier molecular flexibility index (Phi) is 5.54. The fourth-order valence-corrected chi connectivity index (χ4v) is 2.23. The van der Waals surface area contributed by atoms with Crippen molar-refractivity contribution in [1.82, 2.24) is 0 Å². The largest absolute Gasteiger partial charge is 0.327 e. The van der Waals surface area contributed by atoms with Gasteiger partial charge in [0.15, 0.2) is 0 Å². The van der Waals surface area contributed by atoms with E-state index in [1.165, 1.54) is 51.4 Å². The average Bonchev–Trinajstić information content (AvgIpc) is 3.01. The highest BCUT2D eigenvalue weighted by atomic mass is 14.7. The molecule has 1 fully saturated rings. The Balaban J connectivity index is 2.06. The summed E-state index contributed by atoms with van der Waals surface area (Å²) in [6.07, 6.45) is 10.9. The van der Waals surface area contributed by atoms with E-state index in [-0.39, 0.29) is 0 Å². The van der Waals surface area contributed by atoms with Crippen LogP contribution in [0.3, 0.4) is 0 Å². The molecule has 0 aromatic heterocycles. The zero-order valence-corrected chi connectivity index (χ0v) is 9.97. The maximum absolute atomic E-state index is 6.11. The third kappa shape index (κ3) is 4.45. The summed E-state index contributed by atoms with van der Waals surface area (Å²) in [5.41, 5.74) is 6.11. The van der Waals surface area contributed by atoms with E-state index in [1.807, 2.05) is 0 Å². The van der Waals surface area contributed by atoms with Crippen molar-refractivity contribution < 1.29 is 0 Å². The highest BCUT2D eigenvalue weighted by molar-refractivity contribution is 4.84. The summed E-state index contributed by atoms with van der Waals surface area (Å²) < 4.78 is 0. The standard InChI is InChI=1S/C13H27N/c1-3-5-6-11(4-2)7-10-13(14)12-8-9-12/h11-13H,3-10,14H2,1-2H3. The lowest BCUT2D eigenvalue weighted by Crippen LogP contribution is -2.23. The fraction of sp³-hybridized carbons (Fsp3) is 1.00. The first kappa shape index (κ1) is 12.0. The second-order valence-corrected chi connectivity index (χ2v) is 5.00. The first-order valence-corrected chi connectivity index (χ1v) is 6.53. The van der Waals surface area contributed by atoms with Gasteiger partial charge in [-0.05, 0) is 37.5 Å². The fourth-order valence-electron chi connectivity index (χ4n) is 2.23. The maximum atomic E-state index is 6.11. The van der Waals surface area contributed by atoms with Crippen LogP contribution in [0, 0.1) is 11.8 Å². The molecule has 1 heteroatoms. The Hall–Kier alpha value is -0.0400. The molecule has 0 aromatic carbocycles. The van der Waals surface area contributed by atoms with Gasteiger partial charge in [-0.3, -0.25) is 0 Å². The van der Waals surface area contributed by atoms with Gasteiger partial charge in [-0.15, -0.1) is 0 Å². The Morgan fingerprint density at radius 2 is 1.86 bits per heavy atom. The summed E-state index contributed by atoms with van der Waals surface area (Å²) in [6.45, 7) is 4.60. The summed E-state index contributed by atoms with van der Waals surface area (Å²) in [5, 5.41) is 0. The Morgan fingerprint density at radius 3 is 2.36 bits per heavy atom. The monoisotopic (exact) mass is 197 g/mol. The number of hydrogen-bond acceptors (Lipinski definition) is 1. The third-order valence-corrected chi connectivity index (χ3v) is 3.68. The highest BCUT2D eigenvalue weighted by Gasteiger charge is 2.28. The van der Waals surface area contributed by atoms with Gasteiger partial charge in [-0.25, -0.2) is 0 Å². The molecule has 0 radical (unpaired) electrons. The molecule has 1 aliphatic rings. The van der Waals surface area contributed by atoms with E-state index >= 15 is 0 Å². The summed E-state index contributed by atoms with van der Waals surface area (Å²) in [5.74, 6) is 1.83. The van der Waals surface area contributed by atoms with E-state index in [0.717, 1.165) is 11.8 Å². The molecule has 14 heavy (non-hydrogen) atoms. The van der Waals surface area contributed by atoms with Gasteiger partial charge in [-0.1, -0.05) is 39.5 Å². The number of unbranched alkanes of at least 4 members (excludes halogenated alkanes) is 1. The van der Waals surface area contributed by atoms with Gasteiger partial charge in [-0.2, -0.15) is 0 Å². The molecule has 0 bridgehead atoms. The molecule has 0 aliphatic heterocycles. The third-order valence-electron chi connectivity index (χ3n) is 3.68. The van der Waals surface area contributed by atoms with Crippen molar-refractivity contribution in [2.45, 2.75) is 71.3 Å². The lowest BCUT2D eigenvalue weighted by Gasteiger charge is -2.17. The molecule has 0 heterocycles. The van der Waals surface area contributed by atoms with Crippen LogP contribution in [-0.2, 0) is 0 Å². The molecule has 1 saturated carbocycles. The molecule has 2 unspecified atom stereocenters. The quantitative estimate of drug-likeness (QED) is 0.630. The minimum atomic E-state index is 0.519. The van der Waals surface area contributed by atoms with E-state index < -0.39 is 0 Å². The number of hydrogen-bond donors (Lipinski definition) is 1. The highest BCUT2D eigenvalue weighted by Crippen LogP contribution is 2.34. The molecular weight excluding hydrogens is 170 g/mol. The van der Waals surface area contributed by atoms with Crippen LogP contribution >= 0.6 is 0 Å². The van der Waals surface area contributed by atoms with E-state index in [4.69, 9.17) is 5.73 Å². The summed E-state index contributed by atoms with van der Waals surface area (Å²) >= 11 is 0. The zero-order valence-electron chi connectivity index (χ0n) is 9.97. The molecule has 2 atom stereocenters. The normalized spacial score (nSPS) is 20.8. The summed E-state index contributed by atoms with van der Waals surface area (Å²) in [7, 11) is 0. The van der Waals surface area contributed by atoms with Crippen LogP contribution in [0.1, 0.15) is 65.2 Å². The maximum Gasteiger partial charge on any atom is 0.00672 e. The van der Waals surface area contributed by atoms with Crippen LogP contribution in [0.15, 0.2) is 0 Å². The second-order valence-electron chi connectivity index (χ2n) is 5.00. The number of nitrogens with two attached hydrogens (primary N) is 1. The van der Waals surface area contributed by atoms with Crippen LogP contribution in [0.4, 0.5) is 0 Å². The molecule has 1 rings (SSSR count). The predicted molar refractivity (Wildman–Crippen MR) is 63.2 cm³/mol. The molecule has 0 aromatic rings. The van der Waals surface area contributed by atoms with Crippen molar-refractivity contribution in [3.8, 4) is 0 Å². The van der Waals surface area contributed by atoms with Crippen molar-refractivity contribution in [3.05, 3.63) is 0 Å². The van der Waals surface area contributed by atoms with Gasteiger partial charge in [0, 0.05) is 6.04 Å². The average molecular weight is 197 g/mol. The summed E-state index contributed by atoms with van der Waals surface area (Å²) in [6, 6.07) is 0.519. The predicted octanol–water partition coefficient (Wildman–Crippen LogP) is 3.72. The molecule has 1 aliphatic carbocycles. The Morgan fingerprint density at radius 1 is 1.14 bits per heavy atom. The lowest BCUT2D eigenvalue weighted by atomic mass is 9.92. The first-order valence-electron chi connectivity index (χ1n) is 6.53. The second kappa shape index (κ2) is 6.44. The van der Waals surface area contributed by atoms with Gasteiger partial charge in [0.1, 0.15) is 0 Å². The Bertz CT molecular complexity index is 140. The smallest absolute Gasteiger partial charge is 0.00672 e. The van der Waals surface area contributed by atoms with E-state index in [2.05, 4.69) is 13.8 Å². The lowest BCUT2D eigenvalue weighted by molar-refractivity contribution is 0.381. The molecule has 0 saturated heterocycles. The summed E-state index contributed by atoms with van der Waals surface area (Å²) in [4.78, 5) is 0. The number of rotatable bonds is 8. The molecule has 2 N–H and O–H groups in total. The van der Waals surface area contributed by atoms with Crippen molar-refractivity contribution in [1.29, 1.82) is 0 Å². The first-order chi connectivity index (χ1) is 6.77. The van der Waals surface area contributed by atoms with Gasteiger partial charge < -0.3 is 5.73 Å². The SMILES string of the molecule is CCCCC(CC)CCC(N)C1CC1. The van der Waals surface area contributed by atoms with Gasteiger partial charge in [0.25, 0.3) is 0 Å². The molecule has 0 amide bonds. The molecular formula is C13H27N. The van der Waals surface area contributed by atoms with E-state index in [1.54, 1.807) is 0 Å². The van der Waals surface area contributed by atoms with Crippen LogP contribution in [0.25, 0.3) is 0 Å². The van der Waals surface area contributed by atoms with Gasteiger partial charge in [0.2, 0.25) is 0 Å². The minimum Gasteiger partial charge on any atom is -0.327 e. The van der Waals surface area contributed by atoms with Gasteiger partial charge in [0.05, 0.1) is 0 Å². The van der Waals surface area contributed by atoms with Crippen molar-refractivity contribution >= 4 is 0 Å². The van der Waals surface area contributed by atoms with Crippen molar-refractivity contribution in [2.75, 3.05) is 0 Å². The topological polar surface area (TPSA) is 26.0 Å². The van der Waals surface area contributed by atoms with Crippen LogP contribution in [0.2, 0.25) is 0 Å².